The Hall–Kier alpha value is -1.72. The number of nitrogens with two attached hydrogens (primary N) is 1. The van der Waals surface area contributed by atoms with E-state index in [0.29, 0.717) is 6.61 Å². The molecule has 1 aliphatic heterocycles. The van der Waals surface area contributed by atoms with Crippen LogP contribution in [0.2, 0.25) is 0 Å². The minimum Gasteiger partial charge on any atom is -0.488 e. The molecule has 1 aliphatic rings. The van der Waals surface area contributed by atoms with Gasteiger partial charge in [0.2, 0.25) is 6.79 Å². The zero-order chi connectivity index (χ0) is 14.8. The molecule has 1 atom stereocenters. The molecule has 2 N–H and O–H groups in total. The van der Waals surface area contributed by atoms with Crippen molar-refractivity contribution in [3.05, 3.63) is 52.0 Å². The summed E-state index contributed by atoms with van der Waals surface area (Å²) in [6.07, 6.45) is 0. The van der Waals surface area contributed by atoms with Crippen molar-refractivity contribution in [1.29, 1.82) is 0 Å². The van der Waals surface area contributed by atoms with Crippen molar-refractivity contribution >= 4 is 15.9 Å². The third-order valence-corrected chi connectivity index (χ3v) is 3.93. The standard InChI is InChI=1S/C16H16BrNO3/c1-10(18)12-3-5-14(13(17)7-12)19-8-11-2-4-15-16(6-11)21-9-20-15/h2-7,10H,8-9,18H2,1H3. The Kier molecular flexibility index (Phi) is 4.03. The predicted molar refractivity (Wildman–Crippen MR) is 83.6 cm³/mol. The van der Waals surface area contributed by atoms with E-state index in [2.05, 4.69) is 15.9 Å². The van der Waals surface area contributed by atoms with Gasteiger partial charge in [0.1, 0.15) is 12.4 Å². The maximum Gasteiger partial charge on any atom is 0.231 e. The quantitative estimate of drug-likeness (QED) is 0.912. The van der Waals surface area contributed by atoms with Gasteiger partial charge in [-0.1, -0.05) is 12.1 Å². The SMILES string of the molecule is CC(N)c1ccc(OCc2ccc3c(c2)OCO3)c(Br)c1. The minimum atomic E-state index is 0.00390. The summed E-state index contributed by atoms with van der Waals surface area (Å²) in [6, 6.07) is 11.7. The molecule has 2 aromatic carbocycles. The van der Waals surface area contributed by atoms with E-state index >= 15 is 0 Å². The molecule has 0 spiro atoms. The zero-order valence-corrected chi connectivity index (χ0v) is 13.2. The number of benzene rings is 2. The first-order chi connectivity index (χ1) is 10.1. The van der Waals surface area contributed by atoms with Crippen LogP contribution in [0.1, 0.15) is 24.1 Å². The molecular weight excluding hydrogens is 334 g/mol. The maximum atomic E-state index is 5.86. The minimum absolute atomic E-state index is 0.00390. The van der Waals surface area contributed by atoms with E-state index in [9.17, 15) is 0 Å². The van der Waals surface area contributed by atoms with Crippen LogP contribution in [-0.4, -0.2) is 6.79 Å². The van der Waals surface area contributed by atoms with Gasteiger partial charge in [-0.25, -0.2) is 0 Å². The average molecular weight is 350 g/mol. The summed E-state index contributed by atoms with van der Waals surface area (Å²) in [7, 11) is 0. The smallest absolute Gasteiger partial charge is 0.231 e. The van der Waals surface area contributed by atoms with Gasteiger partial charge in [0, 0.05) is 6.04 Å². The van der Waals surface area contributed by atoms with E-state index in [1.165, 1.54) is 0 Å². The molecule has 3 rings (SSSR count). The van der Waals surface area contributed by atoms with Crippen molar-refractivity contribution in [1.82, 2.24) is 0 Å². The van der Waals surface area contributed by atoms with Gasteiger partial charge in [0.05, 0.1) is 4.47 Å². The van der Waals surface area contributed by atoms with Crippen LogP contribution in [0.3, 0.4) is 0 Å². The number of halogens is 1. The van der Waals surface area contributed by atoms with Crippen LogP contribution in [0, 0.1) is 0 Å². The first-order valence-electron chi connectivity index (χ1n) is 6.70. The van der Waals surface area contributed by atoms with Gasteiger partial charge in [-0.3, -0.25) is 0 Å². The topological polar surface area (TPSA) is 53.7 Å². The monoisotopic (exact) mass is 349 g/mol. The summed E-state index contributed by atoms with van der Waals surface area (Å²) in [5, 5.41) is 0. The molecule has 1 heterocycles. The lowest BCUT2D eigenvalue weighted by Gasteiger charge is -2.11. The zero-order valence-electron chi connectivity index (χ0n) is 11.6. The van der Waals surface area contributed by atoms with E-state index in [1.54, 1.807) is 0 Å². The van der Waals surface area contributed by atoms with E-state index in [-0.39, 0.29) is 12.8 Å². The fourth-order valence-electron chi connectivity index (χ4n) is 2.11. The lowest BCUT2D eigenvalue weighted by Crippen LogP contribution is -2.05. The highest BCUT2D eigenvalue weighted by molar-refractivity contribution is 9.10. The van der Waals surface area contributed by atoms with E-state index < -0.39 is 0 Å². The lowest BCUT2D eigenvalue weighted by molar-refractivity contribution is 0.174. The molecule has 21 heavy (non-hydrogen) atoms. The summed E-state index contributed by atoms with van der Waals surface area (Å²) >= 11 is 3.51. The molecule has 0 aromatic heterocycles. The second kappa shape index (κ2) is 5.95. The maximum absolute atomic E-state index is 5.86. The van der Waals surface area contributed by atoms with Crippen LogP contribution >= 0.6 is 15.9 Å². The Labute approximate surface area is 131 Å². The van der Waals surface area contributed by atoms with E-state index in [4.69, 9.17) is 19.9 Å². The van der Waals surface area contributed by atoms with Crippen molar-refractivity contribution in [2.45, 2.75) is 19.6 Å². The molecule has 5 heteroatoms. The molecule has 110 valence electrons. The fourth-order valence-corrected chi connectivity index (χ4v) is 2.62. The van der Waals surface area contributed by atoms with Gasteiger partial charge in [0.15, 0.2) is 11.5 Å². The third kappa shape index (κ3) is 3.14. The normalized spacial score (nSPS) is 14.0. The van der Waals surface area contributed by atoms with Crippen molar-refractivity contribution in [2.75, 3.05) is 6.79 Å². The highest BCUT2D eigenvalue weighted by Gasteiger charge is 2.13. The van der Waals surface area contributed by atoms with Crippen LogP contribution in [0.5, 0.6) is 17.2 Å². The van der Waals surface area contributed by atoms with Gasteiger partial charge in [-0.2, -0.15) is 0 Å². The largest absolute Gasteiger partial charge is 0.488 e. The third-order valence-electron chi connectivity index (χ3n) is 3.31. The van der Waals surface area contributed by atoms with E-state index in [1.807, 2.05) is 43.3 Å². The van der Waals surface area contributed by atoms with Crippen LogP contribution < -0.4 is 19.9 Å². The summed E-state index contributed by atoms with van der Waals surface area (Å²) < 4.78 is 17.4. The molecular formula is C16H16BrNO3. The number of rotatable bonds is 4. The first-order valence-corrected chi connectivity index (χ1v) is 7.49. The highest BCUT2D eigenvalue weighted by Crippen LogP contribution is 2.33. The molecule has 1 unspecified atom stereocenters. The van der Waals surface area contributed by atoms with Gasteiger partial charge >= 0.3 is 0 Å². The summed E-state index contributed by atoms with van der Waals surface area (Å²) in [6.45, 7) is 2.70. The molecule has 0 radical (unpaired) electrons. The van der Waals surface area contributed by atoms with Crippen LogP contribution in [0.15, 0.2) is 40.9 Å². The molecule has 0 saturated heterocycles. The van der Waals surface area contributed by atoms with Crippen molar-refractivity contribution < 1.29 is 14.2 Å². The van der Waals surface area contributed by atoms with Crippen LogP contribution in [-0.2, 0) is 6.61 Å². The number of fused-ring (bicyclic) bond motifs is 1. The molecule has 0 amide bonds. The Morgan fingerprint density at radius 2 is 2.00 bits per heavy atom. The fraction of sp³-hybridized carbons (Fsp3) is 0.250. The Morgan fingerprint density at radius 3 is 2.76 bits per heavy atom. The molecule has 0 saturated carbocycles. The second-order valence-corrected chi connectivity index (χ2v) is 5.81. The van der Waals surface area contributed by atoms with Gasteiger partial charge in [0.25, 0.3) is 0 Å². The molecule has 4 nitrogen and oxygen atoms in total. The average Bonchev–Trinajstić information content (AvgIpc) is 2.93. The van der Waals surface area contributed by atoms with Gasteiger partial charge in [-0.15, -0.1) is 0 Å². The number of hydrogen-bond donors (Lipinski definition) is 1. The van der Waals surface area contributed by atoms with Crippen LogP contribution in [0.25, 0.3) is 0 Å². The van der Waals surface area contributed by atoms with Crippen molar-refractivity contribution in [3.8, 4) is 17.2 Å². The summed E-state index contributed by atoms with van der Waals surface area (Å²) in [5.41, 5.74) is 7.96. The molecule has 0 aliphatic carbocycles. The highest BCUT2D eigenvalue weighted by atomic mass is 79.9. The first kappa shape index (κ1) is 14.2. The predicted octanol–water partition coefficient (Wildman–Crippen LogP) is 3.78. The Balaban J connectivity index is 1.70. The van der Waals surface area contributed by atoms with Gasteiger partial charge < -0.3 is 19.9 Å². The number of ether oxygens (including phenoxy) is 3. The Bertz CT molecular complexity index is 658. The Morgan fingerprint density at radius 1 is 1.19 bits per heavy atom. The summed E-state index contributed by atoms with van der Waals surface area (Å²) in [5.74, 6) is 2.33. The molecule has 0 bridgehead atoms. The van der Waals surface area contributed by atoms with Crippen molar-refractivity contribution in [3.63, 3.8) is 0 Å². The molecule has 0 fully saturated rings. The van der Waals surface area contributed by atoms with Gasteiger partial charge in [-0.05, 0) is 58.2 Å². The summed E-state index contributed by atoms with van der Waals surface area (Å²) in [4.78, 5) is 0. The number of hydrogen-bond acceptors (Lipinski definition) is 4. The molecule has 2 aromatic rings. The second-order valence-electron chi connectivity index (χ2n) is 4.95. The van der Waals surface area contributed by atoms with Crippen molar-refractivity contribution in [2.24, 2.45) is 5.73 Å². The lowest BCUT2D eigenvalue weighted by atomic mass is 10.1. The van der Waals surface area contributed by atoms with Crippen LogP contribution in [0.4, 0.5) is 0 Å². The van der Waals surface area contributed by atoms with E-state index in [0.717, 1.165) is 32.8 Å².